The average Bonchev–Trinajstić information content (AvgIpc) is 3.53. The van der Waals surface area contributed by atoms with Gasteiger partial charge in [0.2, 0.25) is 5.91 Å². The molecule has 0 saturated heterocycles. The number of carboxylic acid groups (broad SMARTS) is 1. The number of allylic oxidation sites excluding steroid dienone is 1. The van der Waals surface area contributed by atoms with Gasteiger partial charge in [0.15, 0.2) is 5.78 Å². The number of hydrogen-bond acceptors (Lipinski definition) is 9. The van der Waals surface area contributed by atoms with Crippen LogP contribution in [0.2, 0.25) is 5.02 Å². The number of esters is 1. The Balaban J connectivity index is 1.07. The van der Waals surface area contributed by atoms with Gasteiger partial charge in [0.1, 0.15) is 24.0 Å². The number of aliphatic hydroxyl groups excluding tert-OH is 1. The first-order valence-electron chi connectivity index (χ1n) is 25.1. The number of ketones is 1. The lowest BCUT2D eigenvalue weighted by molar-refractivity contribution is -0.238. The molecule has 5 saturated carbocycles. The van der Waals surface area contributed by atoms with Gasteiger partial charge in [0.25, 0.3) is 5.91 Å². The van der Waals surface area contributed by atoms with Crippen LogP contribution in [-0.2, 0) is 23.9 Å². The summed E-state index contributed by atoms with van der Waals surface area (Å²) in [5, 5.41) is 28.4. The van der Waals surface area contributed by atoms with Crippen LogP contribution in [0.15, 0.2) is 29.3 Å². The summed E-state index contributed by atoms with van der Waals surface area (Å²) in [4.78, 5) is 69.5. The van der Waals surface area contributed by atoms with E-state index in [1.807, 2.05) is 32.8 Å². The van der Waals surface area contributed by atoms with Gasteiger partial charge in [-0.1, -0.05) is 79.5 Å². The van der Waals surface area contributed by atoms with Crippen molar-refractivity contribution in [3.8, 4) is 5.75 Å². The largest absolute Gasteiger partial charge is 0.491 e. The number of rotatable bonds is 14. The smallest absolute Gasteiger partial charge is 0.309 e. The van der Waals surface area contributed by atoms with E-state index in [2.05, 4.69) is 59.1 Å². The number of Topliss-reactive ketones (excluding diaryl/α,β-unsaturated/α-hetero) is 1. The second-order valence-electron chi connectivity index (χ2n) is 24.7. The minimum Gasteiger partial charge on any atom is -0.491 e. The molecule has 0 heterocycles. The van der Waals surface area contributed by atoms with Crippen LogP contribution in [0.4, 0.5) is 0 Å². The highest BCUT2D eigenvalue weighted by atomic mass is 35.5. The number of fused-ring (bicyclic) bond motifs is 7. The van der Waals surface area contributed by atoms with Crippen molar-refractivity contribution in [3.63, 3.8) is 0 Å². The third kappa shape index (κ3) is 8.36. The Kier molecular flexibility index (Phi) is 13.6. The lowest BCUT2D eigenvalue weighted by Gasteiger charge is -2.72. The van der Waals surface area contributed by atoms with Gasteiger partial charge < -0.3 is 35.2 Å². The fourth-order valence-electron chi connectivity index (χ4n) is 15.4. The van der Waals surface area contributed by atoms with Gasteiger partial charge in [0.05, 0.1) is 23.5 Å². The molecule has 0 unspecified atom stereocenters. The van der Waals surface area contributed by atoms with E-state index in [4.69, 9.17) is 21.1 Å². The monoisotopic (exact) mass is 950 g/mol. The summed E-state index contributed by atoms with van der Waals surface area (Å²) in [6.45, 7) is 24.1. The Morgan fingerprint density at radius 3 is 2.21 bits per heavy atom. The van der Waals surface area contributed by atoms with E-state index in [-0.39, 0.29) is 69.9 Å². The predicted molar refractivity (Wildman–Crippen MR) is 258 cm³/mol. The standard InChI is InChI=1S/C54H80ClN3O9/c1-30(2)42-36(59)28-54(40(60)29-56-47(65)50(7,8)57-44(61)32-15-14-31(55)26-37(32)66-25-24-58(12)13)23-22-52(10)33(43(42)54)16-17-39-51(9)20-19-41(49(5,6)38(51)18-21-53(39,52)11)67-46(64)35-27-34(45(62)63)48(35,3)4/h14-15,26,30,33-35,38-41,60H,16-25,27-29H2,1-13H3,(H,56,65)(H,57,61)(H,62,63)/t33-,34+,35-,38+,39-,40+,41+,51+,52-,53-,54+/m1/s1. The highest BCUT2D eigenvalue weighted by Gasteiger charge is 2.71. The van der Waals surface area contributed by atoms with Gasteiger partial charge in [0, 0.05) is 35.4 Å². The number of carbonyl (C=O) groups excluding carboxylic acids is 4. The highest BCUT2D eigenvalue weighted by molar-refractivity contribution is 6.30. The van der Waals surface area contributed by atoms with Crippen molar-refractivity contribution in [1.29, 1.82) is 0 Å². The van der Waals surface area contributed by atoms with Crippen LogP contribution in [0.25, 0.3) is 0 Å². The second kappa shape index (κ2) is 17.7. The fraction of sp³-hybridized carbons (Fsp3) is 0.759. The quantitative estimate of drug-likeness (QED) is 0.132. The lowest BCUT2D eigenvalue weighted by atomic mass is 9.33. The Hall–Kier alpha value is -3.48. The zero-order valence-corrected chi connectivity index (χ0v) is 43.4. The maximum Gasteiger partial charge on any atom is 0.309 e. The summed E-state index contributed by atoms with van der Waals surface area (Å²) >= 11 is 6.26. The third-order valence-corrected chi connectivity index (χ3v) is 19.8. The molecule has 5 fully saturated rings. The number of nitrogens with one attached hydrogen (secondary N) is 2. The maximum absolute atomic E-state index is 14.3. The second-order valence-corrected chi connectivity index (χ2v) is 25.2. The molecule has 6 aliphatic carbocycles. The molecule has 0 bridgehead atoms. The summed E-state index contributed by atoms with van der Waals surface area (Å²) in [6, 6.07) is 4.78. The first-order chi connectivity index (χ1) is 31.0. The van der Waals surface area contributed by atoms with Gasteiger partial charge in [-0.25, -0.2) is 0 Å². The summed E-state index contributed by atoms with van der Waals surface area (Å²) < 4.78 is 12.3. The number of likely N-dealkylation sites (N-methyl/N-ethyl adjacent to an activating group) is 1. The van der Waals surface area contributed by atoms with Crippen LogP contribution in [0.5, 0.6) is 5.75 Å². The number of halogens is 1. The zero-order chi connectivity index (χ0) is 49.6. The highest BCUT2D eigenvalue weighted by Crippen LogP contribution is 2.77. The fourth-order valence-corrected chi connectivity index (χ4v) is 15.6. The van der Waals surface area contributed by atoms with Crippen molar-refractivity contribution in [2.75, 3.05) is 33.8 Å². The number of amides is 2. The van der Waals surface area contributed by atoms with Crippen LogP contribution in [0.1, 0.15) is 151 Å². The average molecular weight is 951 g/mol. The molecule has 4 N–H and O–H groups in total. The van der Waals surface area contributed by atoms with Crippen molar-refractivity contribution < 1.29 is 43.7 Å². The molecule has 67 heavy (non-hydrogen) atoms. The molecule has 1 aromatic carbocycles. The van der Waals surface area contributed by atoms with E-state index in [9.17, 15) is 34.2 Å². The third-order valence-electron chi connectivity index (χ3n) is 19.6. The summed E-state index contributed by atoms with van der Waals surface area (Å²) in [6.07, 6.45) is 6.36. The van der Waals surface area contributed by atoms with Crippen molar-refractivity contribution in [3.05, 3.63) is 39.9 Å². The van der Waals surface area contributed by atoms with Gasteiger partial charge in [-0.15, -0.1) is 0 Å². The Bertz CT molecular complexity index is 2200. The molecule has 13 heteroatoms. The van der Waals surface area contributed by atoms with E-state index >= 15 is 0 Å². The van der Waals surface area contributed by atoms with Crippen molar-refractivity contribution in [1.82, 2.24) is 15.5 Å². The van der Waals surface area contributed by atoms with Crippen LogP contribution < -0.4 is 15.4 Å². The number of nitrogens with zero attached hydrogens (tertiary/aromatic N) is 1. The van der Waals surface area contributed by atoms with E-state index in [1.165, 1.54) is 0 Å². The number of carbonyl (C=O) groups is 5. The zero-order valence-electron chi connectivity index (χ0n) is 42.6. The molecule has 6 aliphatic rings. The molecule has 0 aromatic heterocycles. The summed E-state index contributed by atoms with van der Waals surface area (Å²) in [5.41, 5.74) is -1.07. The number of aliphatic hydroxyl groups is 1. The van der Waals surface area contributed by atoms with Crippen LogP contribution in [-0.4, -0.2) is 96.2 Å². The minimum atomic E-state index is -1.36. The van der Waals surface area contributed by atoms with E-state index < -0.39 is 52.1 Å². The van der Waals surface area contributed by atoms with Gasteiger partial charge >= 0.3 is 11.9 Å². The number of ether oxygens (including phenoxy) is 2. The van der Waals surface area contributed by atoms with Crippen LogP contribution in [0.3, 0.4) is 0 Å². The number of aliphatic carboxylic acids is 1. The number of hydrogen-bond donors (Lipinski definition) is 4. The van der Waals surface area contributed by atoms with Crippen molar-refractivity contribution >= 4 is 41.1 Å². The molecule has 0 radical (unpaired) electrons. The Morgan fingerprint density at radius 1 is 0.896 bits per heavy atom. The molecule has 1 aromatic rings. The lowest BCUT2D eigenvalue weighted by Crippen LogP contribution is -2.66. The van der Waals surface area contributed by atoms with Gasteiger partial charge in [-0.05, 0) is 155 Å². The molecule has 0 aliphatic heterocycles. The first kappa shape index (κ1) is 51.4. The SMILES string of the molecule is CC(C)C1=C2[C@H]3CC[C@@H]4[C@@]5(C)CC[C@H](OC(=O)[C@H]6C[C@@H](C(=O)O)C6(C)C)C(C)(C)[C@@H]5CC[C@@]4(C)[C@]3(C)CC[C@@]2([C@@H](O)CNC(=O)C(C)(C)NC(=O)c2ccc(Cl)cc2OCCN(C)C)CC1=O. The molecule has 372 valence electrons. The van der Waals surface area contributed by atoms with E-state index in [0.717, 1.165) is 56.1 Å². The topological polar surface area (TPSA) is 172 Å². The van der Waals surface area contributed by atoms with Crippen molar-refractivity contribution in [2.24, 2.45) is 68.0 Å². The maximum atomic E-state index is 14.3. The Labute approximate surface area is 404 Å². The van der Waals surface area contributed by atoms with Crippen LogP contribution >= 0.6 is 11.6 Å². The normalized spacial score (nSPS) is 35.6. The number of benzene rings is 1. The van der Waals surface area contributed by atoms with E-state index in [0.29, 0.717) is 48.6 Å². The van der Waals surface area contributed by atoms with Crippen molar-refractivity contribution in [2.45, 2.75) is 158 Å². The summed E-state index contributed by atoms with van der Waals surface area (Å²) in [5.74, 6) is -1.82. The van der Waals surface area contributed by atoms with Gasteiger partial charge in [-0.2, -0.15) is 0 Å². The molecule has 11 atom stereocenters. The molecular formula is C54H80ClN3O9. The molecule has 2 amide bonds. The number of carboxylic acids is 1. The summed E-state index contributed by atoms with van der Waals surface area (Å²) in [7, 11) is 3.85. The molecule has 0 spiro atoms. The molecule has 12 nitrogen and oxygen atoms in total. The minimum absolute atomic E-state index is 0.00688. The molecular weight excluding hydrogens is 870 g/mol. The molecule has 7 rings (SSSR count). The predicted octanol–water partition coefficient (Wildman–Crippen LogP) is 8.91. The Morgan fingerprint density at radius 2 is 1.58 bits per heavy atom. The van der Waals surface area contributed by atoms with E-state index in [1.54, 1.807) is 32.0 Å². The van der Waals surface area contributed by atoms with Crippen LogP contribution in [0, 0.1) is 68.0 Å². The first-order valence-corrected chi connectivity index (χ1v) is 25.4. The van der Waals surface area contributed by atoms with Gasteiger partial charge in [-0.3, -0.25) is 24.0 Å².